The minimum atomic E-state index is -4.05. The molecule has 0 radical (unpaired) electrons. The fourth-order valence-electron chi connectivity index (χ4n) is 5.59. The number of hydrogen-bond donors (Lipinski definition) is 3. The lowest BCUT2D eigenvalue weighted by Gasteiger charge is -2.31. The van der Waals surface area contributed by atoms with Gasteiger partial charge in [0.25, 0.3) is 0 Å². The molecular weight excluding hydrogens is 602 g/mol. The number of alkyl carbamates (subject to hydrolysis) is 1. The minimum Gasteiger partial charge on any atom is -0.443 e. The van der Waals surface area contributed by atoms with E-state index in [0.29, 0.717) is 17.9 Å². The molecule has 6 atom stereocenters. The van der Waals surface area contributed by atoms with Gasteiger partial charge in [0.1, 0.15) is 12.2 Å². The number of hydrogen-bond acceptors (Lipinski definition) is 10. The van der Waals surface area contributed by atoms with Crippen LogP contribution in [0, 0.1) is 11.8 Å². The van der Waals surface area contributed by atoms with Crippen LogP contribution in [0.25, 0.3) is 11.3 Å². The number of aliphatic hydroxyl groups excluding tert-OH is 2. The summed E-state index contributed by atoms with van der Waals surface area (Å²) in [6.45, 7) is 5.98. The van der Waals surface area contributed by atoms with Gasteiger partial charge in [0.2, 0.25) is 15.9 Å². The summed E-state index contributed by atoms with van der Waals surface area (Å²) >= 11 is 0. The monoisotopic (exact) mass is 643 g/mol. The van der Waals surface area contributed by atoms with Gasteiger partial charge in [-0.15, -0.1) is 0 Å². The van der Waals surface area contributed by atoms with E-state index >= 15 is 0 Å². The van der Waals surface area contributed by atoms with Crippen molar-refractivity contribution < 1.29 is 42.1 Å². The molecule has 0 spiro atoms. The van der Waals surface area contributed by atoms with Crippen molar-refractivity contribution in [2.45, 2.75) is 69.2 Å². The molecule has 3 N–H and O–H groups in total. The zero-order valence-electron chi connectivity index (χ0n) is 25.6. The number of benzene rings is 2. The van der Waals surface area contributed by atoms with Crippen molar-refractivity contribution in [3.05, 3.63) is 72.2 Å². The molecule has 12 nitrogen and oxygen atoms in total. The van der Waals surface area contributed by atoms with E-state index in [0.717, 1.165) is 12.0 Å². The van der Waals surface area contributed by atoms with Gasteiger partial charge in [0.15, 0.2) is 12.1 Å². The van der Waals surface area contributed by atoms with Gasteiger partial charge in [-0.25, -0.2) is 18.2 Å². The first-order valence-corrected chi connectivity index (χ1v) is 16.6. The number of rotatable bonds is 13. The summed E-state index contributed by atoms with van der Waals surface area (Å²) in [4.78, 5) is 17.1. The summed E-state index contributed by atoms with van der Waals surface area (Å²) in [7, 11) is -4.05. The van der Waals surface area contributed by atoms with E-state index < -0.39 is 40.5 Å². The molecule has 0 aliphatic carbocycles. The molecule has 13 heteroatoms. The first-order chi connectivity index (χ1) is 21.5. The highest BCUT2D eigenvalue weighted by molar-refractivity contribution is 7.89. The van der Waals surface area contributed by atoms with Gasteiger partial charge in [-0.3, -0.25) is 0 Å². The predicted molar refractivity (Wildman–Crippen MR) is 163 cm³/mol. The van der Waals surface area contributed by atoms with E-state index in [9.17, 15) is 23.4 Å². The Hall–Kier alpha value is -3.33. The predicted octanol–water partition coefficient (Wildman–Crippen LogP) is 3.50. The Morgan fingerprint density at radius 3 is 2.47 bits per heavy atom. The molecule has 1 amide bonds. The van der Waals surface area contributed by atoms with E-state index in [-0.39, 0.29) is 55.0 Å². The van der Waals surface area contributed by atoms with E-state index in [1.165, 1.54) is 29.6 Å². The number of nitrogens with one attached hydrogen (secondary N) is 1. The third kappa shape index (κ3) is 8.10. The highest BCUT2D eigenvalue weighted by atomic mass is 32.2. The van der Waals surface area contributed by atoms with Crippen molar-refractivity contribution in [3.63, 3.8) is 0 Å². The van der Waals surface area contributed by atoms with Gasteiger partial charge in [-0.05, 0) is 55.5 Å². The Bertz CT molecular complexity index is 1510. The Balaban J connectivity index is 1.32. The van der Waals surface area contributed by atoms with E-state index in [2.05, 4.69) is 10.3 Å². The number of oxazole rings is 1. The van der Waals surface area contributed by atoms with Gasteiger partial charge < -0.3 is 34.2 Å². The Morgan fingerprint density at radius 2 is 1.80 bits per heavy atom. The van der Waals surface area contributed by atoms with Crippen LogP contribution in [0.3, 0.4) is 0 Å². The summed E-state index contributed by atoms with van der Waals surface area (Å²) in [6.07, 6.45) is -1.25. The number of aromatic nitrogens is 1. The van der Waals surface area contributed by atoms with Gasteiger partial charge >= 0.3 is 6.09 Å². The van der Waals surface area contributed by atoms with Gasteiger partial charge in [0, 0.05) is 18.7 Å². The molecule has 45 heavy (non-hydrogen) atoms. The number of nitrogens with zero attached hydrogens (tertiary/aromatic N) is 2. The number of sulfonamides is 1. The zero-order chi connectivity index (χ0) is 32.1. The smallest absolute Gasteiger partial charge is 0.407 e. The molecule has 244 valence electrons. The van der Waals surface area contributed by atoms with Crippen molar-refractivity contribution in [3.8, 4) is 11.3 Å². The molecular formula is C32H41N3O9S. The first-order valence-electron chi connectivity index (χ1n) is 15.2. The second kappa shape index (κ2) is 14.4. The highest BCUT2D eigenvalue weighted by Crippen LogP contribution is 2.33. The van der Waals surface area contributed by atoms with Gasteiger partial charge in [0.05, 0.1) is 42.4 Å². The maximum Gasteiger partial charge on any atom is 0.407 e. The molecule has 5 rings (SSSR count). The lowest BCUT2D eigenvalue weighted by atomic mass is 10.0. The topological polar surface area (TPSA) is 161 Å². The number of carbonyl (C=O) groups is 1. The molecule has 2 aromatic carbocycles. The number of ether oxygens (including phenoxy) is 3. The number of carbonyl (C=O) groups excluding carboxylic acids is 1. The Kier molecular flexibility index (Phi) is 10.6. The standard InChI is InChI=1S/C32H41N3O9S/c1-20(2)17-35(45(39,40)24-11-9-23(10-12-24)28-16-33-30(43-28)21(3)36)18-27(37)26(15-22-7-5-4-6-8-22)34-32(38)44-29-19-42-31-25(29)13-14-41-31/h4-12,16,20-21,25-27,29,31,36-37H,13-15,17-19H2,1-3H3,(H,34,38)/t21-,25+,26+,27-,29+,31-/m1/s1. The van der Waals surface area contributed by atoms with E-state index in [1.54, 1.807) is 12.1 Å². The van der Waals surface area contributed by atoms with Crippen LogP contribution in [0.1, 0.15) is 44.8 Å². The average molecular weight is 644 g/mol. The lowest BCUT2D eigenvalue weighted by molar-refractivity contribution is -0.0907. The summed E-state index contributed by atoms with van der Waals surface area (Å²) in [5.41, 5.74) is 1.45. The Morgan fingerprint density at radius 1 is 1.07 bits per heavy atom. The third-order valence-corrected chi connectivity index (χ3v) is 9.77. The SMILES string of the molecule is CC(C)CN(C[C@@H](O)[C@H](Cc1ccccc1)NC(=O)O[C@H]1CO[C@H]2OCC[C@H]21)S(=O)(=O)c1ccc(-c2cnc([C@@H](C)O)o2)cc1. The van der Waals surface area contributed by atoms with Crippen LogP contribution < -0.4 is 5.32 Å². The summed E-state index contributed by atoms with van der Waals surface area (Å²) in [6, 6.07) is 14.6. The van der Waals surface area contributed by atoms with Crippen LogP contribution in [-0.2, 0) is 30.7 Å². The fraction of sp³-hybridized carbons (Fsp3) is 0.500. The molecule has 3 heterocycles. The molecule has 1 aromatic heterocycles. The quantitative estimate of drug-likeness (QED) is 0.252. The number of fused-ring (bicyclic) bond motifs is 1. The Labute approximate surface area is 263 Å². The first kappa shape index (κ1) is 33.0. The second-order valence-electron chi connectivity index (χ2n) is 12.0. The molecule has 0 unspecified atom stereocenters. The summed E-state index contributed by atoms with van der Waals surface area (Å²) in [5.74, 6) is 0.463. The molecule has 3 aromatic rings. The summed E-state index contributed by atoms with van der Waals surface area (Å²) in [5, 5.41) is 24.0. The second-order valence-corrected chi connectivity index (χ2v) is 13.9. The van der Waals surface area contributed by atoms with Crippen molar-refractivity contribution in [2.75, 3.05) is 26.3 Å². The van der Waals surface area contributed by atoms with Crippen molar-refractivity contribution in [1.29, 1.82) is 0 Å². The van der Waals surface area contributed by atoms with Crippen LogP contribution >= 0.6 is 0 Å². The maximum absolute atomic E-state index is 13.9. The van der Waals surface area contributed by atoms with Crippen LogP contribution in [0.4, 0.5) is 4.79 Å². The number of aliphatic hydroxyl groups is 2. The molecule has 2 fully saturated rings. The lowest BCUT2D eigenvalue weighted by Crippen LogP contribution is -2.51. The van der Waals surface area contributed by atoms with E-state index in [1.807, 2.05) is 44.2 Å². The minimum absolute atomic E-state index is 0.0379. The van der Waals surface area contributed by atoms with Crippen molar-refractivity contribution in [1.82, 2.24) is 14.6 Å². The van der Waals surface area contributed by atoms with Crippen LogP contribution in [0.15, 0.2) is 70.1 Å². The maximum atomic E-state index is 13.9. The van der Waals surface area contributed by atoms with Crippen LogP contribution in [-0.4, -0.2) is 84.9 Å². The van der Waals surface area contributed by atoms with Gasteiger partial charge in [-0.2, -0.15) is 4.31 Å². The molecule has 0 saturated carbocycles. The van der Waals surface area contributed by atoms with Crippen molar-refractivity contribution in [2.24, 2.45) is 11.8 Å². The third-order valence-electron chi connectivity index (χ3n) is 7.93. The average Bonchev–Trinajstić information content (AvgIpc) is 3.76. The largest absolute Gasteiger partial charge is 0.443 e. The normalized spacial score (nSPS) is 21.9. The zero-order valence-corrected chi connectivity index (χ0v) is 26.4. The molecule has 2 aliphatic rings. The van der Waals surface area contributed by atoms with Crippen LogP contribution in [0.2, 0.25) is 0 Å². The number of amides is 1. The summed E-state index contributed by atoms with van der Waals surface area (Å²) < 4.78 is 51.4. The molecule has 0 bridgehead atoms. The van der Waals surface area contributed by atoms with E-state index in [4.69, 9.17) is 18.6 Å². The van der Waals surface area contributed by atoms with Crippen molar-refractivity contribution >= 4 is 16.1 Å². The fourth-order valence-corrected chi connectivity index (χ4v) is 7.21. The van der Waals surface area contributed by atoms with Gasteiger partial charge in [-0.1, -0.05) is 44.2 Å². The molecule has 2 aliphatic heterocycles. The van der Waals surface area contributed by atoms with Crippen LogP contribution in [0.5, 0.6) is 0 Å². The highest BCUT2D eigenvalue weighted by Gasteiger charge is 2.44. The molecule has 2 saturated heterocycles.